The number of fused-ring (bicyclic) bond motifs is 2. The van der Waals surface area contributed by atoms with E-state index in [9.17, 15) is 9.59 Å². The number of aryl methyl sites for hydroxylation is 2. The summed E-state index contributed by atoms with van der Waals surface area (Å²) in [6.07, 6.45) is 4.95. The number of aromatic amines is 1. The van der Waals surface area contributed by atoms with Gasteiger partial charge in [0, 0.05) is 35.8 Å². The van der Waals surface area contributed by atoms with E-state index in [1.54, 1.807) is 25.5 Å². The van der Waals surface area contributed by atoms with Gasteiger partial charge in [-0.25, -0.2) is 4.98 Å². The number of amides is 1. The number of hydrogen-bond donors (Lipinski definition) is 2. The topological polar surface area (TPSA) is 92.9 Å². The van der Waals surface area contributed by atoms with E-state index in [2.05, 4.69) is 15.3 Å². The number of para-hydroxylation sites is 1. The van der Waals surface area contributed by atoms with Crippen LogP contribution in [-0.4, -0.2) is 20.4 Å². The molecule has 0 atom stereocenters. The maximum atomic E-state index is 12.8. The monoisotopic (exact) mass is 398 g/mol. The van der Waals surface area contributed by atoms with E-state index in [1.165, 1.54) is 10.8 Å². The number of rotatable bonds is 3. The molecule has 0 fully saturated rings. The quantitative estimate of drug-likeness (QED) is 0.475. The molecule has 5 aromatic rings. The predicted molar refractivity (Wildman–Crippen MR) is 116 cm³/mol. The lowest BCUT2D eigenvalue weighted by Gasteiger charge is -2.11. The summed E-state index contributed by atoms with van der Waals surface area (Å²) in [4.78, 5) is 32.9. The first-order valence-corrected chi connectivity index (χ1v) is 9.45. The van der Waals surface area contributed by atoms with Crippen molar-refractivity contribution in [3.8, 4) is 11.3 Å². The smallest absolute Gasteiger partial charge is 0.274 e. The number of anilines is 1. The largest absolute Gasteiger partial charge is 0.463 e. The highest BCUT2D eigenvalue weighted by Crippen LogP contribution is 2.29. The first-order chi connectivity index (χ1) is 14.5. The van der Waals surface area contributed by atoms with Gasteiger partial charge >= 0.3 is 0 Å². The van der Waals surface area contributed by atoms with Crippen LogP contribution in [0.1, 0.15) is 15.9 Å². The average molecular weight is 398 g/mol. The van der Waals surface area contributed by atoms with Gasteiger partial charge in [0.2, 0.25) is 0 Å². The van der Waals surface area contributed by atoms with Crippen molar-refractivity contribution in [3.05, 3.63) is 82.6 Å². The lowest BCUT2D eigenvalue weighted by molar-refractivity contribution is 0.102. The fourth-order valence-corrected chi connectivity index (χ4v) is 3.67. The zero-order valence-corrected chi connectivity index (χ0v) is 16.4. The van der Waals surface area contributed by atoms with Gasteiger partial charge in [-0.15, -0.1) is 0 Å². The second-order valence-electron chi connectivity index (χ2n) is 7.19. The summed E-state index contributed by atoms with van der Waals surface area (Å²) in [6.45, 7) is 1.95. The Hall–Kier alpha value is -4.13. The van der Waals surface area contributed by atoms with E-state index in [0.29, 0.717) is 28.2 Å². The molecule has 0 unspecified atom stereocenters. The Kier molecular flexibility index (Phi) is 4.03. The van der Waals surface area contributed by atoms with E-state index < -0.39 is 0 Å². The van der Waals surface area contributed by atoms with Gasteiger partial charge < -0.3 is 19.3 Å². The highest BCUT2D eigenvalue weighted by molar-refractivity contribution is 6.12. The zero-order chi connectivity index (χ0) is 20.8. The standard InChI is InChI=1S/C23H18N4O3/c1-13-7-8-19(26-22(28)17-12-30-18-6-4-3-5-14(17)18)25-20(13)16-11-27(2)23(29)21-15(16)9-10-24-21/h3-12,24H,1-2H3,(H,25,26,28). The van der Waals surface area contributed by atoms with E-state index >= 15 is 0 Å². The van der Waals surface area contributed by atoms with Crippen LogP contribution in [-0.2, 0) is 7.05 Å². The molecule has 4 aromatic heterocycles. The van der Waals surface area contributed by atoms with Gasteiger partial charge in [-0.1, -0.05) is 24.3 Å². The number of pyridine rings is 2. The lowest BCUT2D eigenvalue weighted by atomic mass is 10.0. The summed E-state index contributed by atoms with van der Waals surface area (Å²) < 4.78 is 6.99. The summed E-state index contributed by atoms with van der Waals surface area (Å²) in [5.41, 5.74) is 3.97. The van der Waals surface area contributed by atoms with Crippen molar-refractivity contribution in [3.63, 3.8) is 0 Å². The third kappa shape index (κ3) is 2.79. The summed E-state index contributed by atoms with van der Waals surface area (Å²) in [5, 5.41) is 4.39. The molecule has 148 valence electrons. The maximum Gasteiger partial charge on any atom is 0.274 e. The summed E-state index contributed by atoms with van der Waals surface area (Å²) in [7, 11) is 1.71. The number of nitrogens with zero attached hydrogens (tertiary/aromatic N) is 2. The first-order valence-electron chi connectivity index (χ1n) is 9.45. The number of H-pyrrole nitrogens is 1. The highest BCUT2D eigenvalue weighted by atomic mass is 16.3. The Morgan fingerprint density at radius 2 is 1.97 bits per heavy atom. The highest BCUT2D eigenvalue weighted by Gasteiger charge is 2.17. The molecular formula is C23H18N4O3. The normalized spacial score (nSPS) is 11.3. The van der Waals surface area contributed by atoms with E-state index in [-0.39, 0.29) is 11.5 Å². The molecule has 0 bridgehead atoms. The molecule has 0 saturated heterocycles. The molecule has 0 aliphatic heterocycles. The molecule has 0 radical (unpaired) electrons. The van der Waals surface area contributed by atoms with E-state index in [0.717, 1.165) is 21.9 Å². The first kappa shape index (κ1) is 17.9. The molecule has 4 heterocycles. The molecule has 0 aliphatic rings. The number of nitrogens with one attached hydrogen (secondary N) is 2. The van der Waals surface area contributed by atoms with Gasteiger partial charge in [-0.05, 0) is 30.7 Å². The van der Waals surface area contributed by atoms with Crippen molar-refractivity contribution < 1.29 is 9.21 Å². The van der Waals surface area contributed by atoms with Crippen molar-refractivity contribution >= 4 is 33.6 Å². The van der Waals surface area contributed by atoms with Crippen LogP contribution in [0.5, 0.6) is 0 Å². The van der Waals surface area contributed by atoms with E-state index in [4.69, 9.17) is 4.42 Å². The minimum Gasteiger partial charge on any atom is -0.463 e. The van der Waals surface area contributed by atoms with Crippen LogP contribution < -0.4 is 10.9 Å². The predicted octanol–water partition coefficient (Wildman–Crippen LogP) is 4.24. The molecule has 0 aliphatic carbocycles. The van der Waals surface area contributed by atoms with Gasteiger partial charge in [0.1, 0.15) is 23.2 Å². The van der Waals surface area contributed by atoms with Crippen molar-refractivity contribution in [2.45, 2.75) is 6.92 Å². The van der Waals surface area contributed by atoms with Crippen molar-refractivity contribution in [1.82, 2.24) is 14.5 Å². The van der Waals surface area contributed by atoms with Gasteiger partial charge in [-0.3, -0.25) is 9.59 Å². The maximum absolute atomic E-state index is 12.8. The molecule has 0 saturated carbocycles. The number of furan rings is 1. The Morgan fingerprint density at radius 1 is 1.13 bits per heavy atom. The van der Waals surface area contributed by atoms with Crippen LogP contribution in [0.4, 0.5) is 5.82 Å². The third-order valence-corrected chi connectivity index (χ3v) is 5.21. The van der Waals surface area contributed by atoms with Crippen LogP contribution >= 0.6 is 0 Å². The molecule has 1 aromatic carbocycles. The molecule has 7 nitrogen and oxygen atoms in total. The molecule has 0 spiro atoms. The SMILES string of the molecule is Cc1ccc(NC(=O)c2coc3ccccc23)nc1-c1cn(C)c(=O)c2[nH]ccc12. The number of aromatic nitrogens is 3. The lowest BCUT2D eigenvalue weighted by Crippen LogP contribution is -2.17. The fraction of sp³-hybridized carbons (Fsp3) is 0.0870. The average Bonchev–Trinajstić information content (AvgIpc) is 3.40. The van der Waals surface area contributed by atoms with Crippen LogP contribution in [0.2, 0.25) is 0 Å². The van der Waals surface area contributed by atoms with Crippen molar-refractivity contribution in [2.24, 2.45) is 7.05 Å². The molecule has 7 heteroatoms. The van der Waals surface area contributed by atoms with Crippen LogP contribution in [0, 0.1) is 6.92 Å². The number of carbonyl (C=O) groups is 1. The Morgan fingerprint density at radius 3 is 2.83 bits per heavy atom. The molecule has 1 amide bonds. The van der Waals surface area contributed by atoms with Gasteiger partial charge in [0.15, 0.2) is 0 Å². The van der Waals surface area contributed by atoms with Gasteiger partial charge in [0.05, 0.1) is 11.3 Å². The van der Waals surface area contributed by atoms with Gasteiger partial charge in [0.25, 0.3) is 11.5 Å². The number of benzene rings is 1. The zero-order valence-electron chi connectivity index (χ0n) is 16.4. The van der Waals surface area contributed by atoms with Gasteiger partial charge in [-0.2, -0.15) is 0 Å². The molecule has 2 N–H and O–H groups in total. The summed E-state index contributed by atoms with van der Waals surface area (Å²) in [5.74, 6) is 0.123. The second kappa shape index (κ2) is 6.73. The fourth-order valence-electron chi connectivity index (χ4n) is 3.67. The van der Waals surface area contributed by atoms with Crippen molar-refractivity contribution in [2.75, 3.05) is 5.32 Å². The summed E-state index contributed by atoms with van der Waals surface area (Å²) >= 11 is 0. The van der Waals surface area contributed by atoms with Crippen LogP contribution in [0.25, 0.3) is 33.1 Å². The molecule has 5 rings (SSSR count). The van der Waals surface area contributed by atoms with Crippen molar-refractivity contribution in [1.29, 1.82) is 0 Å². The summed E-state index contributed by atoms with van der Waals surface area (Å²) in [6, 6.07) is 12.9. The Balaban J connectivity index is 1.56. The Bertz CT molecular complexity index is 1490. The number of hydrogen-bond acceptors (Lipinski definition) is 4. The molecule has 30 heavy (non-hydrogen) atoms. The van der Waals surface area contributed by atoms with Crippen LogP contribution in [0.15, 0.2) is 70.3 Å². The van der Waals surface area contributed by atoms with E-state index in [1.807, 2.05) is 43.3 Å². The van der Waals surface area contributed by atoms with Crippen LogP contribution in [0.3, 0.4) is 0 Å². The minimum atomic E-state index is -0.297. The second-order valence-corrected chi connectivity index (χ2v) is 7.19. The molecular weight excluding hydrogens is 380 g/mol. The minimum absolute atomic E-state index is 0.104. The third-order valence-electron chi connectivity index (χ3n) is 5.21. The number of carbonyl (C=O) groups excluding carboxylic acids is 1. The Labute approximate surface area is 171 Å².